The molecule has 0 bridgehead atoms. The molecule has 0 radical (unpaired) electrons. The summed E-state index contributed by atoms with van der Waals surface area (Å²) in [6, 6.07) is 6.28. The fourth-order valence-electron chi connectivity index (χ4n) is 1.85. The maximum Gasteiger partial charge on any atom is 0.336 e. The molecule has 0 aliphatic carbocycles. The van der Waals surface area contributed by atoms with Gasteiger partial charge < -0.3 is 10.0 Å². The third-order valence-electron chi connectivity index (χ3n) is 2.45. The van der Waals surface area contributed by atoms with Gasteiger partial charge in [0.2, 0.25) is 0 Å². The van der Waals surface area contributed by atoms with Gasteiger partial charge in [0.25, 0.3) is 5.91 Å². The average molecular weight is 249 g/mol. The lowest BCUT2D eigenvalue weighted by molar-refractivity contribution is 0.0673. The van der Waals surface area contributed by atoms with Crippen LogP contribution in [-0.2, 0) is 0 Å². The topological polar surface area (TPSA) is 57.6 Å². The van der Waals surface area contributed by atoms with Gasteiger partial charge in [-0.2, -0.15) is 0 Å². The van der Waals surface area contributed by atoms with Crippen molar-refractivity contribution >= 4 is 11.9 Å². The Morgan fingerprint density at radius 1 is 1.17 bits per heavy atom. The Hall–Kier alpha value is -1.84. The molecule has 0 fully saturated rings. The molecule has 0 saturated heterocycles. The first kappa shape index (κ1) is 14.2. The van der Waals surface area contributed by atoms with Crippen LogP contribution in [0.3, 0.4) is 0 Å². The molecule has 0 aliphatic rings. The molecule has 0 aliphatic heterocycles. The van der Waals surface area contributed by atoms with Gasteiger partial charge >= 0.3 is 5.97 Å². The van der Waals surface area contributed by atoms with Crippen molar-refractivity contribution in [3.63, 3.8) is 0 Å². The fourth-order valence-corrected chi connectivity index (χ4v) is 1.85. The summed E-state index contributed by atoms with van der Waals surface area (Å²) in [4.78, 5) is 24.8. The Morgan fingerprint density at radius 3 is 2.11 bits per heavy atom. The summed E-state index contributed by atoms with van der Waals surface area (Å²) in [5.41, 5.74) is 0.253. The molecule has 0 aromatic heterocycles. The first-order chi connectivity index (χ1) is 8.22. The molecule has 1 N–H and O–H groups in total. The van der Waals surface area contributed by atoms with Crippen molar-refractivity contribution in [2.45, 2.75) is 20.8 Å². The normalized spacial score (nSPS) is 11.1. The van der Waals surface area contributed by atoms with Gasteiger partial charge in [-0.05, 0) is 17.5 Å². The van der Waals surface area contributed by atoms with E-state index in [0.29, 0.717) is 6.54 Å². The predicted molar refractivity (Wildman–Crippen MR) is 69.8 cm³/mol. The second-order valence-corrected chi connectivity index (χ2v) is 5.57. The lowest BCUT2D eigenvalue weighted by atomic mass is 9.95. The second-order valence-electron chi connectivity index (χ2n) is 5.57. The number of carbonyl (C=O) groups excluding carboxylic acids is 1. The van der Waals surface area contributed by atoms with E-state index in [-0.39, 0.29) is 22.4 Å². The fraction of sp³-hybridized carbons (Fsp3) is 0.429. The lowest BCUT2D eigenvalue weighted by Gasteiger charge is -2.27. The molecule has 0 atom stereocenters. The van der Waals surface area contributed by atoms with Gasteiger partial charge in [0.05, 0.1) is 11.1 Å². The van der Waals surface area contributed by atoms with Gasteiger partial charge in [-0.1, -0.05) is 32.9 Å². The summed E-state index contributed by atoms with van der Waals surface area (Å²) >= 11 is 0. The van der Waals surface area contributed by atoms with Crippen molar-refractivity contribution < 1.29 is 14.7 Å². The van der Waals surface area contributed by atoms with Crippen LogP contribution in [0.25, 0.3) is 0 Å². The number of hydrogen-bond acceptors (Lipinski definition) is 2. The number of carbonyl (C=O) groups is 2. The molecular formula is C14H19NO3. The standard InChI is InChI=1S/C14H19NO3/c1-14(2,3)9-15(4)12(16)10-7-5-6-8-11(10)13(17)18/h5-8H,9H2,1-4H3,(H,17,18). The van der Waals surface area contributed by atoms with Crippen LogP contribution in [0.15, 0.2) is 24.3 Å². The Kier molecular flexibility index (Phi) is 4.11. The number of carboxylic acid groups (broad SMARTS) is 1. The minimum Gasteiger partial charge on any atom is -0.478 e. The van der Waals surface area contributed by atoms with E-state index in [4.69, 9.17) is 5.11 Å². The highest BCUT2D eigenvalue weighted by Gasteiger charge is 2.22. The van der Waals surface area contributed by atoms with Crippen LogP contribution in [0.5, 0.6) is 0 Å². The Balaban J connectivity index is 3.01. The zero-order chi connectivity index (χ0) is 13.9. The van der Waals surface area contributed by atoms with Crippen LogP contribution in [0, 0.1) is 5.41 Å². The van der Waals surface area contributed by atoms with Crippen LogP contribution in [0.2, 0.25) is 0 Å². The van der Waals surface area contributed by atoms with Gasteiger partial charge in [0, 0.05) is 13.6 Å². The predicted octanol–water partition coefficient (Wildman–Crippen LogP) is 2.50. The Bertz CT molecular complexity index is 460. The first-order valence-electron chi connectivity index (χ1n) is 5.80. The van der Waals surface area contributed by atoms with Gasteiger partial charge in [-0.3, -0.25) is 4.79 Å². The molecular weight excluding hydrogens is 230 g/mol. The van der Waals surface area contributed by atoms with Crippen LogP contribution in [0.1, 0.15) is 41.5 Å². The average Bonchev–Trinajstić information content (AvgIpc) is 2.25. The van der Waals surface area contributed by atoms with Crippen molar-refractivity contribution in [3.05, 3.63) is 35.4 Å². The van der Waals surface area contributed by atoms with Crippen LogP contribution in [-0.4, -0.2) is 35.5 Å². The van der Waals surface area contributed by atoms with Crippen molar-refractivity contribution in [3.8, 4) is 0 Å². The van der Waals surface area contributed by atoms with Gasteiger partial charge in [-0.15, -0.1) is 0 Å². The maximum atomic E-state index is 12.2. The van der Waals surface area contributed by atoms with E-state index in [1.165, 1.54) is 6.07 Å². The van der Waals surface area contributed by atoms with Gasteiger partial charge in [-0.25, -0.2) is 4.79 Å². The Labute approximate surface area is 107 Å². The zero-order valence-corrected chi connectivity index (χ0v) is 11.2. The molecule has 98 valence electrons. The van der Waals surface area contributed by atoms with Crippen molar-refractivity contribution in [2.75, 3.05) is 13.6 Å². The molecule has 0 saturated carbocycles. The third-order valence-corrected chi connectivity index (χ3v) is 2.45. The van der Waals surface area contributed by atoms with Crippen molar-refractivity contribution in [2.24, 2.45) is 5.41 Å². The summed E-state index contributed by atoms with van der Waals surface area (Å²) in [5.74, 6) is -1.34. The second kappa shape index (κ2) is 5.21. The SMILES string of the molecule is CN(CC(C)(C)C)C(=O)c1ccccc1C(=O)O. The summed E-state index contributed by atoms with van der Waals surface area (Å²) in [7, 11) is 1.69. The highest BCUT2D eigenvalue weighted by molar-refractivity contribution is 6.04. The number of carboxylic acids is 1. The van der Waals surface area contributed by atoms with Gasteiger partial charge in [0.1, 0.15) is 0 Å². The summed E-state index contributed by atoms with van der Waals surface area (Å²) in [5, 5.41) is 9.06. The number of rotatable bonds is 3. The van der Waals surface area contributed by atoms with Crippen LogP contribution >= 0.6 is 0 Å². The smallest absolute Gasteiger partial charge is 0.336 e. The molecule has 1 amide bonds. The molecule has 1 aromatic rings. The van der Waals surface area contributed by atoms with E-state index in [0.717, 1.165) is 0 Å². The van der Waals surface area contributed by atoms with E-state index >= 15 is 0 Å². The molecule has 1 rings (SSSR count). The quantitative estimate of drug-likeness (QED) is 0.895. The number of aromatic carboxylic acids is 1. The molecule has 0 heterocycles. The maximum absolute atomic E-state index is 12.2. The monoisotopic (exact) mass is 249 g/mol. The zero-order valence-electron chi connectivity index (χ0n) is 11.2. The Morgan fingerprint density at radius 2 is 1.67 bits per heavy atom. The van der Waals surface area contributed by atoms with Crippen LogP contribution in [0.4, 0.5) is 0 Å². The minimum absolute atomic E-state index is 0.0252. The van der Waals surface area contributed by atoms with Crippen molar-refractivity contribution in [1.29, 1.82) is 0 Å². The largest absolute Gasteiger partial charge is 0.478 e. The third kappa shape index (κ3) is 3.58. The van der Waals surface area contributed by atoms with Gasteiger partial charge in [0.15, 0.2) is 0 Å². The van der Waals surface area contributed by atoms with E-state index in [9.17, 15) is 9.59 Å². The van der Waals surface area contributed by atoms with E-state index in [1.54, 1.807) is 30.1 Å². The molecule has 4 heteroatoms. The molecule has 4 nitrogen and oxygen atoms in total. The molecule has 0 spiro atoms. The molecule has 1 aromatic carbocycles. The van der Waals surface area contributed by atoms with Crippen LogP contribution < -0.4 is 0 Å². The van der Waals surface area contributed by atoms with E-state index < -0.39 is 5.97 Å². The van der Waals surface area contributed by atoms with E-state index in [2.05, 4.69) is 0 Å². The minimum atomic E-state index is -1.08. The summed E-state index contributed by atoms with van der Waals surface area (Å²) in [6.07, 6.45) is 0. The van der Waals surface area contributed by atoms with E-state index in [1.807, 2.05) is 20.8 Å². The lowest BCUT2D eigenvalue weighted by Crippen LogP contribution is -2.35. The molecule has 18 heavy (non-hydrogen) atoms. The number of benzene rings is 1. The summed E-state index contributed by atoms with van der Waals surface area (Å²) < 4.78 is 0. The highest BCUT2D eigenvalue weighted by atomic mass is 16.4. The molecule has 0 unspecified atom stereocenters. The summed E-state index contributed by atoms with van der Waals surface area (Å²) in [6.45, 7) is 6.65. The number of nitrogens with zero attached hydrogens (tertiary/aromatic N) is 1. The highest BCUT2D eigenvalue weighted by Crippen LogP contribution is 2.17. The first-order valence-corrected chi connectivity index (χ1v) is 5.80. The number of hydrogen-bond donors (Lipinski definition) is 1. The van der Waals surface area contributed by atoms with Crippen molar-refractivity contribution in [1.82, 2.24) is 4.90 Å². The number of amides is 1.